The number of aromatic amines is 1. The SMILES string of the molecule is CC(C)(C)[C@@H]1CCc2c(sc3nc(-c4ccc([N+](=O)[O-])o4)[nH]c(=O)c23)C1. The van der Waals surface area contributed by atoms with Gasteiger partial charge in [0.15, 0.2) is 11.6 Å². The van der Waals surface area contributed by atoms with Gasteiger partial charge in [0.1, 0.15) is 9.75 Å². The second-order valence-corrected chi connectivity index (χ2v) is 8.88. The van der Waals surface area contributed by atoms with Gasteiger partial charge in [0.25, 0.3) is 5.56 Å². The van der Waals surface area contributed by atoms with E-state index in [1.165, 1.54) is 17.0 Å². The molecule has 0 fully saturated rings. The van der Waals surface area contributed by atoms with E-state index >= 15 is 0 Å². The third-order valence-electron chi connectivity index (χ3n) is 5.15. The number of H-pyrrole nitrogens is 1. The van der Waals surface area contributed by atoms with Crippen molar-refractivity contribution < 1.29 is 9.34 Å². The van der Waals surface area contributed by atoms with Crippen LogP contribution in [-0.4, -0.2) is 14.9 Å². The summed E-state index contributed by atoms with van der Waals surface area (Å²) in [7, 11) is 0. The summed E-state index contributed by atoms with van der Waals surface area (Å²) in [6.45, 7) is 6.76. The Bertz CT molecular complexity index is 1070. The smallest absolute Gasteiger partial charge is 0.397 e. The first-order valence-electron chi connectivity index (χ1n) is 8.53. The molecule has 0 radical (unpaired) electrons. The predicted molar refractivity (Wildman–Crippen MR) is 99.6 cm³/mol. The van der Waals surface area contributed by atoms with E-state index in [9.17, 15) is 14.9 Å². The minimum Gasteiger partial charge on any atom is -0.397 e. The fourth-order valence-corrected chi connectivity index (χ4v) is 4.89. The minimum atomic E-state index is -0.614. The summed E-state index contributed by atoms with van der Waals surface area (Å²) in [5.74, 6) is 0.617. The molecule has 3 aromatic heterocycles. The second-order valence-electron chi connectivity index (χ2n) is 7.80. The molecule has 1 atom stereocenters. The number of fused-ring (bicyclic) bond motifs is 3. The topological polar surface area (TPSA) is 102 Å². The highest BCUT2D eigenvalue weighted by molar-refractivity contribution is 7.18. The standard InChI is InChI=1S/C18H19N3O4S/c1-18(2,3)9-4-5-10-12(8-9)26-17-14(10)16(22)19-15(20-17)11-6-7-13(25-11)21(23)24/h6-7,9H,4-5,8H2,1-3H3,(H,19,20,22)/t9-/m1/s1. The molecule has 7 nitrogen and oxygen atoms in total. The van der Waals surface area contributed by atoms with Crippen molar-refractivity contribution >= 4 is 27.4 Å². The lowest BCUT2D eigenvalue weighted by atomic mass is 9.72. The largest absolute Gasteiger partial charge is 0.433 e. The van der Waals surface area contributed by atoms with Gasteiger partial charge in [-0.05, 0) is 42.2 Å². The van der Waals surface area contributed by atoms with Gasteiger partial charge in [0.05, 0.1) is 11.5 Å². The van der Waals surface area contributed by atoms with E-state index in [0.29, 0.717) is 16.1 Å². The van der Waals surface area contributed by atoms with Gasteiger partial charge in [-0.25, -0.2) is 4.98 Å². The van der Waals surface area contributed by atoms with Crippen LogP contribution < -0.4 is 5.56 Å². The molecular weight excluding hydrogens is 354 g/mol. The number of rotatable bonds is 2. The van der Waals surface area contributed by atoms with Crippen molar-refractivity contribution in [1.29, 1.82) is 0 Å². The molecule has 0 aliphatic heterocycles. The van der Waals surface area contributed by atoms with Crippen LogP contribution in [0.4, 0.5) is 5.88 Å². The van der Waals surface area contributed by atoms with Crippen LogP contribution >= 0.6 is 11.3 Å². The fraction of sp³-hybridized carbons (Fsp3) is 0.444. The van der Waals surface area contributed by atoms with Crippen molar-refractivity contribution in [3.63, 3.8) is 0 Å². The highest BCUT2D eigenvalue weighted by Gasteiger charge is 2.31. The number of thiophene rings is 1. The van der Waals surface area contributed by atoms with Crippen molar-refractivity contribution in [1.82, 2.24) is 9.97 Å². The number of aromatic nitrogens is 2. The van der Waals surface area contributed by atoms with Crippen LogP contribution in [-0.2, 0) is 12.8 Å². The van der Waals surface area contributed by atoms with Crippen LogP contribution in [0.25, 0.3) is 21.8 Å². The van der Waals surface area contributed by atoms with E-state index in [-0.39, 0.29) is 28.4 Å². The second kappa shape index (κ2) is 5.77. The van der Waals surface area contributed by atoms with E-state index in [4.69, 9.17) is 4.42 Å². The van der Waals surface area contributed by atoms with Crippen LogP contribution in [0.1, 0.15) is 37.6 Å². The Morgan fingerprint density at radius 3 is 2.81 bits per heavy atom. The van der Waals surface area contributed by atoms with Gasteiger partial charge in [-0.15, -0.1) is 11.3 Å². The van der Waals surface area contributed by atoms with Gasteiger partial charge in [-0.3, -0.25) is 14.9 Å². The highest BCUT2D eigenvalue weighted by Crippen LogP contribution is 2.42. The van der Waals surface area contributed by atoms with E-state index in [1.54, 1.807) is 11.3 Å². The van der Waals surface area contributed by atoms with Crippen LogP contribution in [0.2, 0.25) is 0 Å². The molecule has 0 bridgehead atoms. The molecule has 0 aromatic carbocycles. The summed E-state index contributed by atoms with van der Waals surface area (Å²) in [5, 5.41) is 11.4. The zero-order chi connectivity index (χ0) is 18.6. The number of nitro groups is 1. The summed E-state index contributed by atoms with van der Waals surface area (Å²) >= 11 is 1.55. The van der Waals surface area contributed by atoms with Crippen LogP contribution in [0.15, 0.2) is 21.3 Å². The van der Waals surface area contributed by atoms with E-state index in [2.05, 4.69) is 30.7 Å². The molecule has 8 heteroatoms. The lowest BCUT2D eigenvalue weighted by Crippen LogP contribution is -2.26. The maximum Gasteiger partial charge on any atom is 0.433 e. The first-order valence-corrected chi connectivity index (χ1v) is 9.35. The quantitative estimate of drug-likeness (QED) is 0.533. The van der Waals surface area contributed by atoms with Gasteiger partial charge in [-0.1, -0.05) is 20.8 Å². The van der Waals surface area contributed by atoms with Gasteiger partial charge >= 0.3 is 5.88 Å². The van der Waals surface area contributed by atoms with Gasteiger partial charge in [-0.2, -0.15) is 0 Å². The lowest BCUT2D eigenvalue weighted by Gasteiger charge is -2.33. The van der Waals surface area contributed by atoms with E-state index in [0.717, 1.165) is 24.8 Å². The number of nitrogens with zero attached hydrogens (tertiary/aromatic N) is 2. The van der Waals surface area contributed by atoms with Crippen molar-refractivity contribution in [2.45, 2.75) is 40.0 Å². The average Bonchev–Trinajstić information content (AvgIpc) is 3.18. The highest BCUT2D eigenvalue weighted by atomic mass is 32.1. The molecule has 0 spiro atoms. The zero-order valence-electron chi connectivity index (χ0n) is 14.8. The van der Waals surface area contributed by atoms with Crippen LogP contribution in [0.3, 0.4) is 0 Å². The molecule has 3 heterocycles. The summed E-state index contributed by atoms with van der Waals surface area (Å²) in [6.07, 6.45) is 2.91. The van der Waals surface area contributed by atoms with Crippen molar-refractivity contribution in [3.05, 3.63) is 43.0 Å². The molecule has 136 valence electrons. The van der Waals surface area contributed by atoms with Crippen LogP contribution in [0.5, 0.6) is 0 Å². The Labute approximate surface area is 153 Å². The van der Waals surface area contributed by atoms with E-state index in [1.807, 2.05) is 0 Å². The van der Waals surface area contributed by atoms with Gasteiger partial charge < -0.3 is 9.40 Å². The minimum absolute atomic E-state index is 0.189. The monoisotopic (exact) mass is 373 g/mol. The first-order chi connectivity index (χ1) is 12.2. The molecule has 4 rings (SSSR count). The Hall–Kier alpha value is -2.48. The third kappa shape index (κ3) is 2.74. The van der Waals surface area contributed by atoms with Gasteiger partial charge in [0.2, 0.25) is 0 Å². The zero-order valence-corrected chi connectivity index (χ0v) is 15.6. The summed E-state index contributed by atoms with van der Waals surface area (Å²) in [6, 6.07) is 2.71. The Kier molecular flexibility index (Phi) is 3.76. The van der Waals surface area contributed by atoms with Crippen molar-refractivity contribution in [3.8, 4) is 11.6 Å². The lowest BCUT2D eigenvalue weighted by molar-refractivity contribution is -0.401. The molecule has 3 aromatic rings. The molecule has 0 unspecified atom stereocenters. The number of aryl methyl sites for hydroxylation is 1. The summed E-state index contributed by atoms with van der Waals surface area (Å²) < 4.78 is 5.17. The predicted octanol–water partition coefficient (Wildman–Crippen LogP) is 4.30. The number of furan rings is 1. The summed E-state index contributed by atoms with van der Waals surface area (Å²) in [5.41, 5.74) is 1.12. The van der Waals surface area contributed by atoms with Crippen molar-refractivity contribution in [2.24, 2.45) is 11.3 Å². The molecule has 0 saturated carbocycles. The maximum atomic E-state index is 12.7. The molecule has 1 N–H and O–H groups in total. The Balaban J connectivity index is 1.79. The fourth-order valence-electron chi connectivity index (χ4n) is 3.59. The number of nitrogens with one attached hydrogen (secondary N) is 1. The Morgan fingerprint density at radius 1 is 1.38 bits per heavy atom. The first kappa shape index (κ1) is 17.0. The number of hydrogen-bond donors (Lipinski definition) is 1. The third-order valence-corrected chi connectivity index (χ3v) is 6.30. The Morgan fingerprint density at radius 2 is 2.15 bits per heavy atom. The molecule has 1 aliphatic carbocycles. The molecule has 0 saturated heterocycles. The summed E-state index contributed by atoms with van der Waals surface area (Å²) in [4.78, 5) is 32.0. The molecule has 1 aliphatic rings. The molecule has 26 heavy (non-hydrogen) atoms. The van der Waals surface area contributed by atoms with Crippen LogP contribution in [0, 0.1) is 21.4 Å². The maximum absolute atomic E-state index is 12.7. The molecule has 0 amide bonds. The normalized spacial score (nSPS) is 17.4. The van der Waals surface area contributed by atoms with Crippen molar-refractivity contribution in [2.75, 3.05) is 0 Å². The van der Waals surface area contributed by atoms with Gasteiger partial charge in [0, 0.05) is 4.88 Å². The number of hydrogen-bond acceptors (Lipinski definition) is 6. The van der Waals surface area contributed by atoms with E-state index < -0.39 is 4.92 Å². The molecular formula is C18H19N3O4S. The average molecular weight is 373 g/mol.